The Labute approximate surface area is 81.2 Å². The van der Waals surface area contributed by atoms with Crippen LogP contribution < -0.4 is 0 Å². The van der Waals surface area contributed by atoms with Gasteiger partial charge in [-0.3, -0.25) is 4.98 Å². The van der Waals surface area contributed by atoms with E-state index >= 15 is 0 Å². The van der Waals surface area contributed by atoms with Crippen LogP contribution in [0.2, 0.25) is 0 Å². The third kappa shape index (κ3) is 2.73. The summed E-state index contributed by atoms with van der Waals surface area (Å²) in [5.74, 6) is -0.920. The predicted octanol–water partition coefficient (Wildman–Crippen LogP) is 2.28. The second kappa shape index (κ2) is 4.28. The highest BCUT2D eigenvalue weighted by Crippen LogP contribution is 2.25. The van der Waals surface area contributed by atoms with Gasteiger partial charge in [0.05, 0.1) is 5.56 Å². The van der Waals surface area contributed by atoms with Crippen molar-refractivity contribution in [2.75, 3.05) is 0 Å². The molecule has 70 valence electrons. The Morgan fingerprint density at radius 3 is 2.85 bits per heavy atom. The monoisotopic (exact) mass is 197 g/mol. The maximum absolute atomic E-state index is 10.7. The van der Waals surface area contributed by atoms with Gasteiger partial charge in [-0.2, -0.15) is 0 Å². The quantitative estimate of drug-likeness (QED) is 0.755. The molecular formula is C9H11NO2S. The average molecular weight is 197 g/mol. The maximum Gasteiger partial charge on any atom is 0.338 e. The molecule has 0 unspecified atom stereocenters. The van der Waals surface area contributed by atoms with E-state index in [1.54, 1.807) is 12.3 Å². The van der Waals surface area contributed by atoms with Gasteiger partial charge in [0, 0.05) is 22.5 Å². The van der Waals surface area contributed by atoms with Crippen molar-refractivity contribution >= 4 is 17.7 Å². The second-order valence-electron chi connectivity index (χ2n) is 2.84. The number of aromatic carboxylic acids is 1. The molecule has 4 heteroatoms. The van der Waals surface area contributed by atoms with E-state index in [0.717, 1.165) is 4.90 Å². The van der Waals surface area contributed by atoms with Crippen molar-refractivity contribution in [2.45, 2.75) is 24.0 Å². The average Bonchev–Trinajstić information content (AvgIpc) is 2.03. The third-order valence-electron chi connectivity index (χ3n) is 1.37. The highest BCUT2D eigenvalue weighted by molar-refractivity contribution is 8.00. The first-order chi connectivity index (χ1) is 6.11. The highest BCUT2D eigenvalue weighted by Gasteiger charge is 2.10. The molecule has 0 saturated carbocycles. The number of carboxylic acids is 1. The molecule has 1 rings (SSSR count). The van der Waals surface area contributed by atoms with Gasteiger partial charge >= 0.3 is 5.97 Å². The van der Waals surface area contributed by atoms with Crippen molar-refractivity contribution < 1.29 is 9.90 Å². The Morgan fingerprint density at radius 2 is 2.31 bits per heavy atom. The number of carbonyl (C=O) groups is 1. The Balaban J connectivity index is 2.98. The van der Waals surface area contributed by atoms with Crippen LogP contribution in [0.25, 0.3) is 0 Å². The van der Waals surface area contributed by atoms with Gasteiger partial charge in [0.2, 0.25) is 0 Å². The van der Waals surface area contributed by atoms with Crippen LogP contribution in [0.3, 0.4) is 0 Å². The van der Waals surface area contributed by atoms with Crippen molar-refractivity contribution in [2.24, 2.45) is 0 Å². The summed E-state index contributed by atoms with van der Waals surface area (Å²) in [6.45, 7) is 4.05. The first kappa shape index (κ1) is 10.1. The summed E-state index contributed by atoms with van der Waals surface area (Å²) in [6, 6.07) is 1.73. The lowest BCUT2D eigenvalue weighted by molar-refractivity contribution is 0.0692. The molecule has 0 aliphatic heterocycles. The summed E-state index contributed by atoms with van der Waals surface area (Å²) in [5, 5.41) is 9.20. The lowest BCUT2D eigenvalue weighted by Crippen LogP contribution is -2.00. The smallest absolute Gasteiger partial charge is 0.338 e. The van der Waals surface area contributed by atoms with Gasteiger partial charge in [-0.1, -0.05) is 13.8 Å². The lowest BCUT2D eigenvalue weighted by atomic mass is 10.3. The van der Waals surface area contributed by atoms with E-state index in [2.05, 4.69) is 4.98 Å². The summed E-state index contributed by atoms with van der Waals surface area (Å²) in [6.07, 6.45) is 2.99. The molecule has 3 nitrogen and oxygen atoms in total. The fourth-order valence-corrected chi connectivity index (χ4v) is 1.81. The molecule has 0 aliphatic rings. The number of carboxylic acid groups (broad SMARTS) is 1. The summed E-state index contributed by atoms with van der Waals surface area (Å²) >= 11 is 1.53. The Morgan fingerprint density at radius 1 is 1.62 bits per heavy atom. The lowest BCUT2D eigenvalue weighted by Gasteiger charge is -2.06. The van der Waals surface area contributed by atoms with Crippen molar-refractivity contribution in [3.63, 3.8) is 0 Å². The molecule has 0 aliphatic carbocycles. The van der Waals surface area contributed by atoms with Gasteiger partial charge in [0.1, 0.15) is 0 Å². The summed E-state index contributed by atoms with van der Waals surface area (Å²) < 4.78 is 0. The van der Waals surface area contributed by atoms with E-state index in [0.29, 0.717) is 5.25 Å². The minimum Gasteiger partial charge on any atom is -0.478 e. The molecule has 0 spiro atoms. The Kier molecular flexibility index (Phi) is 3.31. The van der Waals surface area contributed by atoms with Crippen LogP contribution in [0.5, 0.6) is 0 Å². The fraction of sp³-hybridized carbons (Fsp3) is 0.333. The number of pyridine rings is 1. The SMILES string of the molecule is CC(C)Sc1ccncc1C(=O)O. The van der Waals surface area contributed by atoms with E-state index in [4.69, 9.17) is 5.11 Å². The van der Waals surface area contributed by atoms with E-state index in [9.17, 15) is 4.79 Å². The fourth-order valence-electron chi connectivity index (χ4n) is 0.899. The Hall–Kier alpha value is -1.03. The van der Waals surface area contributed by atoms with Crippen LogP contribution >= 0.6 is 11.8 Å². The standard InChI is InChI=1S/C9H11NO2S/c1-6(2)13-8-3-4-10-5-7(8)9(11)12/h3-6H,1-2H3,(H,11,12). The van der Waals surface area contributed by atoms with Crippen LogP contribution in [0.4, 0.5) is 0 Å². The van der Waals surface area contributed by atoms with E-state index < -0.39 is 5.97 Å². The molecule has 0 atom stereocenters. The minimum atomic E-state index is -0.920. The largest absolute Gasteiger partial charge is 0.478 e. The maximum atomic E-state index is 10.7. The van der Waals surface area contributed by atoms with Crippen LogP contribution in [0, 0.1) is 0 Å². The van der Waals surface area contributed by atoms with Gasteiger partial charge in [-0.15, -0.1) is 11.8 Å². The van der Waals surface area contributed by atoms with Crippen LogP contribution in [-0.2, 0) is 0 Å². The number of thioether (sulfide) groups is 1. The van der Waals surface area contributed by atoms with Gasteiger partial charge in [0.15, 0.2) is 0 Å². The predicted molar refractivity (Wildman–Crippen MR) is 52.2 cm³/mol. The number of nitrogens with zero attached hydrogens (tertiary/aromatic N) is 1. The molecule has 1 aromatic heterocycles. The highest BCUT2D eigenvalue weighted by atomic mass is 32.2. The van der Waals surface area contributed by atoms with E-state index in [1.165, 1.54) is 18.0 Å². The molecular weight excluding hydrogens is 186 g/mol. The molecule has 0 fully saturated rings. The summed E-state index contributed by atoms with van der Waals surface area (Å²) in [7, 11) is 0. The van der Waals surface area contributed by atoms with E-state index in [-0.39, 0.29) is 5.56 Å². The molecule has 13 heavy (non-hydrogen) atoms. The second-order valence-corrected chi connectivity index (χ2v) is 4.46. The number of hydrogen-bond donors (Lipinski definition) is 1. The zero-order chi connectivity index (χ0) is 9.84. The minimum absolute atomic E-state index is 0.279. The molecule has 1 aromatic rings. The van der Waals surface area contributed by atoms with E-state index in [1.807, 2.05) is 13.8 Å². The number of rotatable bonds is 3. The third-order valence-corrected chi connectivity index (χ3v) is 2.46. The normalized spacial score (nSPS) is 10.4. The Bertz CT molecular complexity index is 312. The van der Waals surface area contributed by atoms with Crippen molar-refractivity contribution in [1.29, 1.82) is 0 Å². The molecule has 1 heterocycles. The molecule has 0 aromatic carbocycles. The number of aromatic nitrogens is 1. The van der Waals surface area contributed by atoms with Gasteiger partial charge in [0.25, 0.3) is 0 Å². The van der Waals surface area contributed by atoms with Crippen LogP contribution in [0.1, 0.15) is 24.2 Å². The van der Waals surface area contributed by atoms with Crippen molar-refractivity contribution in [3.8, 4) is 0 Å². The number of hydrogen-bond acceptors (Lipinski definition) is 3. The zero-order valence-electron chi connectivity index (χ0n) is 7.52. The molecule has 0 bridgehead atoms. The molecule has 0 saturated heterocycles. The first-order valence-electron chi connectivity index (χ1n) is 3.95. The molecule has 0 amide bonds. The van der Waals surface area contributed by atoms with Gasteiger partial charge < -0.3 is 5.11 Å². The topological polar surface area (TPSA) is 50.2 Å². The van der Waals surface area contributed by atoms with Gasteiger partial charge in [-0.05, 0) is 6.07 Å². The van der Waals surface area contributed by atoms with Gasteiger partial charge in [-0.25, -0.2) is 4.79 Å². The molecule has 1 N–H and O–H groups in total. The summed E-state index contributed by atoms with van der Waals surface area (Å²) in [5.41, 5.74) is 0.279. The molecule has 0 radical (unpaired) electrons. The summed E-state index contributed by atoms with van der Waals surface area (Å²) in [4.78, 5) is 15.3. The van der Waals surface area contributed by atoms with Crippen molar-refractivity contribution in [3.05, 3.63) is 24.0 Å². The van der Waals surface area contributed by atoms with Crippen molar-refractivity contribution in [1.82, 2.24) is 4.98 Å². The van der Waals surface area contributed by atoms with Crippen LogP contribution in [-0.4, -0.2) is 21.3 Å². The zero-order valence-corrected chi connectivity index (χ0v) is 8.34. The van der Waals surface area contributed by atoms with Crippen LogP contribution in [0.15, 0.2) is 23.4 Å². The first-order valence-corrected chi connectivity index (χ1v) is 4.83.